The van der Waals surface area contributed by atoms with Crippen molar-refractivity contribution in [1.82, 2.24) is 4.90 Å². The Balaban J connectivity index is 1.47. The topological polar surface area (TPSA) is 85.3 Å². The average molecular weight is 530 g/mol. The molecule has 2 atom stereocenters. The highest BCUT2D eigenvalue weighted by atomic mass is 16.5. The first-order valence-electron chi connectivity index (χ1n) is 13.5. The van der Waals surface area contributed by atoms with Crippen molar-refractivity contribution in [1.29, 1.82) is 0 Å². The van der Waals surface area contributed by atoms with Crippen molar-refractivity contribution in [3.8, 4) is 11.5 Å². The SMILES string of the molecule is COc1ccc2c(c1OCc1ccccc1)C[C@@H](C(=O)O)N(C(=O)[C@@H](OC1(C)CCCC1)c1ccccc1)C2. The Morgan fingerprint density at radius 1 is 1.00 bits per heavy atom. The van der Waals surface area contributed by atoms with Crippen LogP contribution in [-0.2, 0) is 33.9 Å². The molecule has 204 valence electrons. The maximum Gasteiger partial charge on any atom is 0.326 e. The molecular weight excluding hydrogens is 494 g/mol. The van der Waals surface area contributed by atoms with Crippen LogP contribution in [0.25, 0.3) is 0 Å². The molecule has 1 heterocycles. The third kappa shape index (κ3) is 5.78. The first-order valence-corrected chi connectivity index (χ1v) is 13.5. The lowest BCUT2D eigenvalue weighted by Gasteiger charge is -2.39. The molecule has 1 fully saturated rings. The number of fused-ring (bicyclic) bond motifs is 1. The van der Waals surface area contributed by atoms with Crippen LogP contribution in [0.3, 0.4) is 0 Å². The van der Waals surface area contributed by atoms with Gasteiger partial charge >= 0.3 is 5.97 Å². The molecule has 1 saturated carbocycles. The van der Waals surface area contributed by atoms with E-state index in [-0.39, 0.29) is 18.9 Å². The van der Waals surface area contributed by atoms with Gasteiger partial charge in [0.25, 0.3) is 5.91 Å². The van der Waals surface area contributed by atoms with Crippen molar-refractivity contribution in [2.75, 3.05) is 7.11 Å². The van der Waals surface area contributed by atoms with Crippen LogP contribution in [0, 0.1) is 0 Å². The molecule has 7 nitrogen and oxygen atoms in total. The molecule has 3 aromatic rings. The van der Waals surface area contributed by atoms with E-state index in [1.54, 1.807) is 7.11 Å². The van der Waals surface area contributed by atoms with Gasteiger partial charge in [0.1, 0.15) is 12.6 Å². The number of hydrogen-bond donors (Lipinski definition) is 1. The molecule has 0 aromatic heterocycles. The van der Waals surface area contributed by atoms with Crippen molar-refractivity contribution >= 4 is 11.9 Å². The number of carbonyl (C=O) groups excluding carboxylic acids is 1. The molecular formula is C32H35NO6. The average Bonchev–Trinajstić information content (AvgIpc) is 3.40. The summed E-state index contributed by atoms with van der Waals surface area (Å²) in [6.07, 6.45) is 3.07. The fourth-order valence-electron chi connectivity index (χ4n) is 5.68. The highest BCUT2D eigenvalue weighted by Crippen LogP contribution is 2.41. The molecule has 0 spiro atoms. The molecule has 0 unspecified atom stereocenters. The maximum atomic E-state index is 14.2. The number of hydrogen-bond acceptors (Lipinski definition) is 5. The zero-order valence-corrected chi connectivity index (χ0v) is 22.5. The van der Waals surface area contributed by atoms with Crippen molar-refractivity contribution < 1.29 is 28.9 Å². The number of rotatable bonds is 9. The maximum absolute atomic E-state index is 14.2. The summed E-state index contributed by atoms with van der Waals surface area (Å²) >= 11 is 0. The number of carbonyl (C=O) groups is 2. The first-order chi connectivity index (χ1) is 18.9. The van der Waals surface area contributed by atoms with Gasteiger partial charge in [-0.25, -0.2) is 4.79 Å². The fraction of sp³-hybridized carbons (Fsp3) is 0.375. The molecule has 3 aromatic carbocycles. The second-order valence-electron chi connectivity index (χ2n) is 10.6. The zero-order valence-electron chi connectivity index (χ0n) is 22.5. The van der Waals surface area contributed by atoms with E-state index in [1.807, 2.05) is 79.7 Å². The highest BCUT2D eigenvalue weighted by Gasteiger charge is 2.42. The van der Waals surface area contributed by atoms with Gasteiger partial charge in [0, 0.05) is 18.5 Å². The van der Waals surface area contributed by atoms with E-state index in [0.29, 0.717) is 18.1 Å². The molecule has 0 radical (unpaired) electrons. The molecule has 0 saturated heterocycles. The molecule has 39 heavy (non-hydrogen) atoms. The molecule has 5 rings (SSSR count). The number of aliphatic carboxylic acids is 1. The Hall–Kier alpha value is -3.84. The second-order valence-corrected chi connectivity index (χ2v) is 10.6. The minimum Gasteiger partial charge on any atom is -0.493 e. The summed E-state index contributed by atoms with van der Waals surface area (Å²) in [6, 6.07) is 21.8. The number of carboxylic acids is 1. The Morgan fingerprint density at radius 2 is 1.67 bits per heavy atom. The van der Waals surface area contributed by atoms with Gasteiger partial charge in [-0.1, -0.05) is 79.6 Å². The van der Waals surface area contributed by atoms with E-state index < -0.39 is 23.7 Å². The van der Waals surface area contributed by atoms with Crippen LogP contribution in [0.4, 0.5) is 0 Å². The number of amides is 1. The largest absolute Gasteiger partial charge is 0.493 e. The minimum absolute atomic E-state index is 0.108. The van der Waals surface area contributed by atoms with Gasteiger partial charge in [0.2, 0.25) is 0 Å². The molecule has 1 aliphatic carbocycles. The molecule has 2 aliphatic rings. The van der Waals surface area contributed by atoms with Crippen molar-refractivity contribution in [3.63, 3.8) is 0 Å². The van der Waals surface area contributed by atoms with Gasteiger partial charge in [-0.05, 0) is 42.5 Å². The number of nitrogens with zero attached hydrogens (tertiary/aromatic N) is 1. The minimum atomic E-state index is -1.07. The van der Waals surface area contributed by atoms with Crippen LogP contribution < -0.4 is 9.47 Å². The van der Waals surface area contributed by atoms with E-state index in [1.165, 1.54) is 4.90 Å². The van der Waals surface area contributed by atoms with Crippen LogP contribution in [-0.4, -0.2) is 40.6 Å². The number of methoxy groups -OCH3 is 1. The summed E-state index contributed by atoms with van der Waals surface area (Å²) in [5, 5.41) is 10.3. The number of carboxylic acid groups (broad SMARTS) is 1. The van der Waals surface area contributed by atoms with E-state index in [0.717, 1.165) is 47.9 Å². The van der Waals surface area contributed by atoms with Crippen molar-refractivity contribution in [2.24, 2.45) is 0 Å². The normalized spacial score (nSPS) is 18.7. The molecule has 0 bridgehead atoms. The summed E-state index contributed by atoms with van der Waals surface area (Å²) < 4.78 is 18.3. The predicted molar refractivity (Wildman–Crippen MR) is 147 cm³/mol. The van der Waals surface area contributed by atoms with E-state index in [4.69, 9.17) is 14.2 Å². The van der Waals surface area contributed by atoms with Crippen LogP contribution >= 0.6 is 0 Å². The second kappa shape index (κ2) is 11.5. The number of ether oxygens (including phenoxy) is 3. The summed E-state index contributed by atoms with van der Waals surface area (Å²) in [5.74, 6) is -0.348. The molecule has 1 amide bonds. The molecule has 7 heteroatoms. The van der Waals surface area contributed by atoms with Crippen LogP contribution in [0.5, 0.6) is 11.5 Å². The van der Waals surface area contributed by atoms with Gasteiger partial charge in [-0.3, -0.25) is 4.79 Å². The summed E-state index contributed by atoms with van der Waals surface area (Å²) in [7, 11) is 1.57. The van der Waals surface area contributed by atoms with Gasteiger partial charge in [0.05, 0.1) is 12.7 Å². The van der Waals surface area contributed by atoms with Gasteiger partial charge in [-0.2, -0.15) is 0 Å². The van der Waals surface area contributed by atoms with Crippen molar-refractivity contribution in [3.05, 3.63) is 95.1 Å². The third-order valence-corrected chi connectivity index (χ3v) is 7.84. The van der Waals surface area contributed by atoms with Gasteiger partial charge in [0.15, 0.2) is 17.6 Å². The van der Waals surface area contributed by atoms with Gasteiger partial charge in [-0.15, -0.1) is 0 Å². The Bertz CT molecular complexity index is 1300. The van der Waals surface area contributed by atoms with Gasteiger partial charge < -0.3 is 24.2 Å². The molecule has 1 N–H and O–H groups in total. The van der Waals surface area contributed by atoms with Crippen LogP contribution in [0.15, 0.2) is 72.8 Å². The third-order valence-electron chi connectivity index (χ3n) is 7.84. The lowest BCUT2D eigenvalue weighted by Crippen LogP contribution is -2.51. The van der Waals surface area contributed by atoms with Crippen LogP contribution in [0.1, 0.15) is 61.0 Å². The summed E-state index contributed by atoms with van der Waals surface area (Å²) in [6.45, 7) is 2.50. The lowest BCUT2D eigenvalue weighted by atomic mass is 9.91. The Morgan fingerprint density at radius 3 is 2.31 bits per heavy atom. The monoisotopic (exact) mass is 529 g/mol. The molecule has 1 aliphatic heterocycles. The van der Waals surface area contributed by atoms with Crippen LogP contribution in [0.2, 0.25) is 0 Å². The lowest BCUT2D eigenvalue weighted by molar-refractivity contribution is -0.166. The first kappa shape index (κ1) is 26.8. The smallest absolute Gasteiger partial charge is 0.326 e. The predicted octanol–water partition coefficient (Wildman–Crippen LogP) is 5.70. The number of benzene rings is 3. The zero-order chi connectivity index (χ0) is 27.4. The van der Waals surface area contributed by atoms with Crippen molar-refractivity contribution in [2.45, 2.75) is 69.9 Å². The summed E-state index contributed by atoms with van der Waals surface area (Å²) in [5.41, 5.74) is 2.88. The quantitative estimate of drug-likeness (QED) is 0.383. The fourth-order valence-corrected chi connectivity index (χ4v) is 5.68. The Labute approximate surface area is 229 Å². The summed E-state index contributed by atoms with van der Waals surface area (Å²) in [4.78, 5) is 28.2. The van der Waals surface area contributed by atoms with E-state index in [9.17, 15) is 14.7 Å². The Kier molecular flexibility index (Phi) is 7.89. The standard InChI is InChI=1S/C32H35NO6/c1-32(17-9-10-18-32)39-28(23-13-7-4-8-14-23)30(34)33-20-24-15-16-27(37-2)29(25(24)19-26(33)31(35)36)38-21-22-11-5-3-6-12-22/h3-8,11-16,26,28H,9-10,17-21H2,1-2H3,(H,35,36)/t26-,28-/m0/s1. The van der Waals surface area contributed by atoms with E-state index >= 15 is 0 Å². The highest BCUT2D eigenvalue weighted by molar-refractivity contribution is 5.88. The van der Waals surface area contributed by atoms with E-state index in [2.05, 4.69) is 0 Å².